The zero-order valence-electron chi connectivity index (χ0n) is 11.8. The van der Waals surface area contributed by atoms with Crippen LogP contribution in [0.3, 0.4) is 0 Å². The lowest BCUT2D eigenvalue weighted by Gasteiger charge is -2.21. The third kappa shape index (κ3) is 3.80. The molecule has 1 unspecified atom stereocenters. The van der Waals surface area contributed by atoms with Crippen molar-refractivity contribution in [3.8, 4) is 5.75 Å². The summed E-state index contributed by atoms with van der Waals surface area (Å²) in [4.78, 5) is 0. The molecule has 1 atom stereocenters. The van der Waals surface area contributed by atoms with Gasteiger partial charge < -0.3 is 10.1 Å². The van der Waals surface area contributed by atoms with Gasteiger partial charge in [0.25, 0.3) is 0 Å². The molecule has 0 aliphatic carbocycles. The van der Waals surface area contributed by atoms with Crippen molar-refractivity contribution in [3.05, 3.63) is 63.6 Å². The Balaban J connectivity index is 2.47. The van der Waals surface area contributed by atoms with E-state index in [9.17, 15) is 8.78 Å². The first-order valence-corrected chi connectivity index (χ1v) is 7.37. The van der Waals surface area contributed by atoms with E-state index in [1.54, 1.807) is 7.11 Å². The van der Waals surface area contributed by atoms with Crippen LogP contribution in [0.2, 0.25) is 0 Å². The molecular formula is C16H16BrF2NO. The highest BCUT2D eigenvalue weighted by Crippen LogP contribution is 2.32. The van der Waals surface area contributed by atoms with Gasteiger partial charge in [0, 0.05) is 10.5 Å². The van der Waals surface area contributed by atoms with Crippen molar-refractivity contribution in [1.29, 1.82) is 0 Å². The van der Waals surface area contributed by atoms with Crippen LogP contribution in [0.15, 0.2) is 40.9 Å². The largest absolute Gasteiger partial charge is 0.497 e. The summed E-state index contributed by atoms with van der Waals surface area (Å²) in [7, 11) is 1.59. The zero-order valence-corrected chi connectivity index (χ0v) is 13.4. The minimum atomic E-state index is -0.586. The second-order valence-electron chi connectivity index (χ2n) is 4.58. The molecule has 2 aromatic carbocycles. The van der Waals surface area contributed by atoms with Gasteiger partial charge in [0.2, 0.25) is 0 Å². The maximum absolute atomic E-state index is 13.5. The van der Waals surface area contributed by atoms with E-state index < -0.39 is 11.6 Å². The maximum Gasteiger partial charge on any atom is 0.126 e. The van der Waals surface area contributed by atoms with E-state index in [0.29, 0.717) is 17.9 Å². The number of hydrogen-bond acceptors (Lipinski definition) is 2. The highest BCUT2D eigenvalue weighted by Gasteiger charge is 2.18. The van der Waals surface area contributed by atoms with Crippen LogP contribution in [0.5, 0.6) is 5.75 Å². The summed E-state index contributed by atoms with van der Waals surface area (Å²) in [5.41, 5.74) is 1.43. The van der Waals surface area contributed by atoms with Crippen LogP contribution >= 0.6 is 15.9 Å². The number of nitrogens with one attached hydrogen (secondary N) is 1. The molecule has 0 heterocycles. The molecule has 2 aromatic rings. The van der Waals surface area contributed by atoms with Gasteiger partial charge in [-0.3, -0.25) is 0 Å². The van der Waals surface area contributed by atoms with Crippen LogP contribution in [0.1, 0.15) is 24.1 Å². The van der Waals surface area contributed by atoms with E-state index in [-0.39, 0.29) is 6.04 Å². The molecule has 0 aliphatic rings. The van der Waals surface area contributed by atoms with E-state index in [4.69, 9.17) is 4.74 Å². The molecule has 0 spiro atoms. The molecule has 0 radical (unpaired) electrons. The minimum Gasteiger partial charge on any atom is -0.497 e. The highest BCUT2D eigenvalue weighted by molar-refractivity contribution is 9.10. The van der Waals surface area contributed by atoms with E-state index in [1.807, 2.05) is 25.1 Å². The van der Waals surface area contributed by atoms with Crippen molar-refractivity contribution in [2.75, 3.05) is 13.7 Å². The van der Waals surface area contributed by atoms with Crippen molar-refractivity contribution in [2.45, 2.75) is 13.0 Å². The molecular weight excluding hydrogens is 340 g/mol. The molecule has 0 aliphatic heterocycles. The quantitative estimate of drug-likeness (QED) is 0.856. The molecule has 0 saturated carbocycles. The molecule has 21 heavy (non-hydrogen) atoms. The molecule has 0 aromatic heterocycles. The third-order valence-corrected chi connectivity index (χ3v) is 3.83. The fourth-order valence-electron chi connectivity index (χ4n) is 2.22. The van der Waals surface area contributed by atoms with Gasteiger partial charge in [-0.15, -0.1) is 0 Å². The van der Waals surface area contributed by atoms with Crippen molar-refractivity contribution >= 4 is 15.9 Å². The van der Waals surface area contributed by atoms with Crippen LogP contribution in [-0.4, -0.2) is 13.7 Å². The topological polar surface area (TPSA) is 21.3 Å². The molecule has 1 N–H and O–H groups in total. The Morgan fingerprint density at radius 1 is 1.14 bits per heavy atom. The fraction of sp³-hybridized carbons (Fsp3) is 0.250. The lowest BCUT2D eigenvalue weighted by atomic mass is 9.98. The summed E-state index contributed by atoms with van der Waals surface area (Å²) in [6, 6.07) is 8.77. The van der Waals surface area contributed by atoms with Crippen molar-refractivity contribution in [1.82, 2.24) is 5.32 Å². The predicted molar refractivity (Wildman–Crippen MR) is 82.6 cm³/mol. The van der Waals surface area contributed by atoms with Gasteiger partial charge in [-0.1, -0.05) is 28.9 Å². The van der Waals surface area contributed by atoms with Crippen molar-refractivity contribution < 1.29 is 13.5 Å². The Bertz CT molecular complexity index is 613. The normalized spacial score (nSPS) is 12.2. The van der Waals surface area contributed by atoms with Crippen molar-refractivity contribution in [2.24, 2.45) is 0 Å². The van der Waals surface area contributed by atoms with E-state index >= 15 is 0 Å². The van der Waals surface area contributed by atoms with Crippen molar-refractivity contribution in [3.63, 3.8) is 0 Å². The maximum atomic E-state index is 13.5. The van der Waals surface area contributed by atoms with Crippen LogP contribution < -0.4 is 10.1 Å². The van der Waals surface area contributed by atoms with Crippen LogP contribution in [0.25, 0.3) is 0 Å². The minimum absolute atomic E-state index is 0.305. The molecule has 2 nitrogen and oxygen atoms in total. The SMILES string of the molecule is CCNC(c1cc(F)cc(F)c1)c1ccc(OC)cc1Br. The number of ether oxygens (including phenoxy) is 1. The summed E-state index contributed by atoms with van der Waals surface area (Å²) in [5, 5.41) is 3.24. The number of methoxy groups -OCH3 is 1. The average molecular weight is 356 g/mol. The monoisotopic (exact) mass is 355 g/mol. The van der Waals surface area contributed by atoms with Gasteiger partial charge in [-0.2, -0.15) is 0 Å². The summed E-state index contributed by atoms with van der Waals surface area (Å²) in [5.74, 6) is -0.457. The molecule has 112 valence electrons. The molecule has 0 amide bonds. The Morgan fingerprint density at radius 3 is 2.33 bits per heavy atom. The lowest BCUT2D eigenvalue weighted by molar-refractivity contribution is 0.414. The Labute approximate surface area is 131 Å². The van der Waals surface area contributed by atoms with Crippen LogP contribution in [-0.2, 0) is 0 Å². The Hall–Kier alpha value is -1.46. The second-order valence-corrected chi connectivity index (χ2v) is 5.44. The molecule has 5 heteroatoms. The highest BCUT2D eigenvalue weighted by atomic mass is 79.9. The van der Waals surface area contributed by atoms with Gasteiger partial charge in [0.05, 0.1) is 13.2 Å². The number of rotatable bonds is 5. The number of benzene rings is 2. The number of halogens is 3. The summed E-state index contributed by atoms with van der Waals surface area (Å²) >= 11 is 3.49. The smallest absolute Gasteiger partial charge is 0.126 e. The van der Waals surface area contributed by atoms with Gasteiger partial charge >= 0.3 is 0 Å². The van der Waals surface area contributed by atoms with E-state index in [0.717, 1.165) is 16.1 Å². The molecule has 0 bridgehead atoms. The van der Waals surface area contributed by atoms with Gasteiger partial charge in [-0.25, -0.2) is 8.78 Å². The molecule has 0 saturated heterocycles. The summed E-state index contributed by atoms with van der Waals surface area (Å²) in [6.45, 7) is 2.61. The van der Waals surface area contributed by atoms with Gasteiger partial charge in [0.1, 0.15) is 17.4 Å². The summed E-state index contributed by atoms with van der Waals surface area (Å²) in [6.07, 6.45) is 0. The van der Waals surface area contributed by atoms with Gasteiger partial charge in [-0.05, 0) is 41.9 Å². The summed E-state index contributed by atoms with van der Waals surface area (Å²) < 4.78 is 32.9. The lowest BCUT2D eigenvalue weighted by Crippen LogP contribution is -2.22. The first kappa shape index (κ1) is 15.9. The second kappa shape index (κ2) is 7.00. The Kier molecular flexibility index (Phi) is 5.31. The fourth-order valence-corrected chi connectivity index (χ4v) is 2.81. The first-order chi connectivity index (χ1) is 10.0. The third-order valence-electron chi connectivity index (χ3n) is 3.15. The Morgan fingerprint density at radius 2 is 1.81 bits per heavy atom. The molecule has 0 fully saturated rings. The van der Waals surface area contributed by atoms with E-state index in [2.05, 4.69) is 21.2 Å². The zero-order chi connectivity index (χ0) is 15.4. The van der Waals surface area contributed by atoms with Gasteiger partial charge in [0.15, 0.2) is 0 Å². The van der Waals surface area contributed by atoms with Crippen LogP contribution in [0.4, 0.5) is 8.78 Å². The van der Waals surface area contributed by atoms with Crippen LogP contribution in [0, 0.1) is 11.6 Å². The number of hydrogen-bond donors (Lipinski definition) is 1. The predicted octanol–water partition coefficient (Wildman–Crippen LogP) is 4.43. The first-order valence-electron chi connectivity index (χ1n) is 6.58. The average Bonchev–Trinajstić information content (AvgIpc) is 2.44. The standard InChI is InChI=1S/C16H16BrF2NO/c1-3-20-16(10-6-11(18)8-12(19)7-10)14-5-4-13(21-2)9-15(14)17/h4-9,16,20H,3H2,1-2H3. The van der Waals surface area contributed by atoms with E-state index in [1.165, 1.54) is 12.1 Å². The molecule has 2 rings (SSSR count).